The molecule has 0 unspecified atom stereocenters. The van der Waals surface area contributed by atoms with Gasteiger partial charge < -0.3 is 24.2 Å². The van der Waals surface area contributed by atoms with Crippen LogP contribution < -0.4 is 9.80 Å². The summed E-state index contributed by atoms with van der Waals surface area (Å²) in [5, 5.41) is 11.5. The second-order valence-electron chi connectivity index (χ2n) is 12.7. The van der Waals surface area contributed by atoms with Gasteiger partial charge in [-0.3, -0.25) is 4.98 Å². The molecule has 12 heteroatoms. The standard InChI is InChI=1S/C35H37FN6O4S/c1-6-41(33-39-31(30(19-37)47-33)22-9-11-23(36)12-10-22)28-18-27(21-7-8-21)38-26-14-13-24(17-25(26)28)42-16-15-40(20-29(42)32(43)45-5)34(44)46-35(2,3)4/h9-14,17-18,21,29H,6-8,15-16,20H2,1-5H3/t29-/m0/s1. The van der Waals surface area contributed by atoms with E-state index in [9.17, 15) is 19.2 Å². The summed E-state index contributed by atoms with van der Waals surface area (Å²) in [6, 6.07) is 15.6. The molecule has 2 fully saturated rings. The number of hydrogen-bond donors (Lipinski definition) is 0. The molecule has 1 aliphatic heterocycles. The van der Waals surface area contributed by atoms with Gasteiger partial charge in [-0.05, 0) is 89.1 Å². The number of rotatable bonds is 7. The molecule has 1 saturated heterocycles. The summed E-state index contributed by atoms with van der Waals surface area (Å²) in [7, 11) is 1.34. The first-order valence-electron chi connectivity index (χ1n) is 15.7. The van der Waals surface area contributed by atoms with E-state index in [4.69, 9.17) is 19.4 Å². The number of esters is 1. The van der Waals surface area contributed by atoms with Crippen molar-refractivity contribution in [3.05, 3.63) is 64.9 Å². The van der Waals surface area contributed by atoms with E-state index in [-0.39, 0.29) is 12.4 Å². The largest absolute Gasteiger partial charge is 0.467 e. The Labute approximate surface area is 277 Å². The Balaban J connectivity index is 1.41. The van der Waals surface area contributed by atoms with Crippen molar-refractivity contribution in [2.45, 2.75) is 58.1 Å². The summed E-state index contributed by atoms with van der Waals surface area (Å²) in [5.74, 6) is -0.414. The summed E-state index contributed by atoms with van der Waals surface area (Å²) in [4.78, 5) is 41.9. The maximum absolute atomic E-state index is 13.7. The van der Waals surface area contributed by atoms with E-state index in [1.54, 1.807) is 17.0 Å². The van der Waals surface area contributed by atoms with Crippen LogP contribution in [-0.2, 0) is 14.3 Å². The van der Waals surface area contributed by atoms with Gasteiger partial charge in [0.25, 0.3) is 0 Å². The predicted octanol–water partition coefficient (Wildman–Crippen LogP) is 7.00. The van der Waals surface area contributed by atoms with Crippen LogP contribution >= 0.6 is 11.3 Å². The Hall–Kier alpha value is -4.76. The number of methoxy groups -OCH3 is 1. The number of anilines is 3. The number of nitriles is 1. The number of ether oxygens (including phenoxy) is 2. The maximum atomic E-state index is 13.7. The Morgan fingerprint density at radius 2 is 1.85 bits per heavy atom. The van der Waals surface area contributed by atoms with Crippen LogP contribution in [0.25, 0.3) is 22.2 Å². The lowest BCUT2D eigenvalue weighted by Crippen LogP contribution is -2.58. The number of hydrogen-bond acceptors (Lipinski definition) is 10. The summed E-state index contributed by atoms with van der Waals surface area (Å²) >= 11 is 1.29. The Morgan fingerprint density at radius 1 is 1.11 bits per heavy atom. The molecule has 0 spiro atoms. The SMILES string of the molecule is CCN(c1nc(-c2ccc(F)cc2)c(C#N)s1)c1cc(C2CC2)nc2ccc(N3CCN(C(=O)OC(C)(C)C)C[C@H]3C(=O)OC)cc12. The van der Waals surface area contributed by atoms with Crippen molar-refractivity contribution < 1.29 is 23.5 Å². The summed E-state index contributed by atoms with van der Waals surface area (Å²) in [6.45, 7) is 8.90. The molecule has 1 amide bonds. The van der Waals surface area contributed by atoms with Crippen LogP contribution in [-0.4, -0.2) is 71.9 Å². The minimum atomic E-state index is -0.737. The van der Waals surface area contributed by atoms with E-state index in [1.165, 1.54) is 30.6 Å². The van der Waals surface area contributed by atoms with Crippen molar-refractivity contribution in [3.63, 3.8) is 0 Å². The highest BCUT2D eigenvalue weighted by Crippen LogP contribution is 2.44. The van der Waals surface area contributed by atoms with Crippen molar-refractivity contribution in [1.29, 1.82) is 5.26 Å². The topological polar surface area (TPSA) is 112 Å². The summed E-state index contributed by atoms with van der Waals surface area (Å²) in [6.07, 6.45) is 1.69. The number of thiazole rings is 1. The second kappa shape index (κ2) is 12.8. The number of fused-ring (bicyclic) bond motifs is 1. The smallest absolute Gasteiger partial charge is 0.410 e. The lowest BCUT2D eigenvalue weighted by molar-refractivity contribution is -0.143. The number of amides is 1. The zero-order chi connectivity index (χ0) is 33.5. The monoisotopic (exact) mass is 656 g/mol. The van der Waals surface area contributed by atoms with Crippen LogP contribution in [0.2, 0.25) is 0 Å². The molecule has 4 aromatic rings. The average Bonchev–Trinajstić information content (AvgIpc) is 3.83. The highest BCUT2D eigenvalue weighted by molar-refractivity contribution is 7.16. The van der Waals surface area contributed by atoms with Gasteiger partial charge in [0.15, 0.2) is 5.13 Å². The second-order valence-corrected chi connectivity index (χ2v) is 13.7. The van der Waals surface area contributed by atoms with Gasteiger partial charge in [-0.15, -0.1) is 0 Å². The fourth-order valence-electron chi connectivity index (χ4n) is 5.84. The van der Waals surface area contributed by atoms with E-state index in [2.05, 4.69) is 17.0 Å². The van der Waals surface area contributed by atoms with Gasteiger partial charge in [-0.1, -0.05) is 11.3 Å². The highest BCUT2D eigenvalue weighted by Gasteiger charge is 2.37. The number of benzene rings is 2. The molecular formula is C35H37FN6O4S. The number of carbonyl (C=O) groups is 2. The van der Waals surface area contributed by atoms with Crippen molar-refractivity contribution in [3.8, 4) is 17.3 Å². The van der Waals surface area contributed by atoms with Crippen LogP contribution in [0.3, 0.4) is 0 Å². The lowest BCUT2D eigenvalue weighted by atomic mass is 10.1. The van der Waals surface area contributed by atoms with Gasteiger partial charge in [0.1, 0.15) is 34.1 Å². The Morgan fingerprint density at radius 3 is 2.49 bits per heavy atom. The molecule has 1 atom stereocenters. The van der Waals surface area contributed by atoms with Crippen LogP contribution in [0.15, 0.2) is 48.5 Å². The average molecular weight is 657 g/mol. The number of aromatic nitrogens is 2. The van der Waals surface area contributed by atoms with Crippen molar-refractivity contribution in [2.75, 3.05) is 43.1 Å². The normalized spacial score (nSPS) is 16.6. The fourth-order valence-corrected chi connectivity index (χ4v) is 6.80. The van der Waals surface area contributed by atoms with Crippen LogP contribution in [0.5, 0.6) is 0 Å². The van der Waals surface area contributed by atoms with E-state index in [0.29, 0.717) is 46.8 Å². The molecule has 3 heterocycles. The van der Waals surface area contributed by atoms with Crippen LogP contribution in [0, 0.1) is 17.1 Å². The number of pyridine rings is 1. The number of carbonyl (C=O) groups excluding carboxylic acids is 2. The number of halogens is 1. The van der Waals surface area contributed by atoms with Gasteiger partial charge in [0.2, 0.25) is 0 Å². The predicted molar refractivity (Wildman–Crippen MR) is 180 cm³/mol. The molecule has 1 saturated carbocycles. The minimum Gasteiger partial charge on any atom is -0.467 e. The first kappa shape index (κ1) is 32.2. The quantitative estimate of drug-likeness (QED) is 0.194. The van der Waals surface area contributed by atoms with Gasteiger partial charge in [-0.2, -0.15) is 5.26 Å². The van der Waals surface area contributed by atoms with Crippen molar-refractivity contribution >= 4 is 50.8 Å². The first-order valence-corrected chi connectivity index (χ1v) is 16.5. The summed E-state index contributed by atoms with van der Waals surface area (Å²) < 4.78 is 24.4. The Kier molecular flexibility index (Phi) is 8.76. The highest BCUT2D eigenvalue weighted by atomic mass is 32.1. The van der Waals surface area contributed by atoms with Crippen molar-refractivity contribution in [2.24, 2.45) is 0 Å². The zero-order valence-electron chi connectivity index (χ0n) is 27.1. The number of nitrogens with zero attached hydrogens (tertiary/aromatic N) is 6. The van der Waals surface area contributed by atoms with Crippen LogP contribution in [0.4, 0.5) is 25.7 Å². The molecule has 1 aliphatic carbocycles. The van der Waals surface area contributed by atoms with E-state index < -0.39 is 23.7 Å². The van der Waals surface area contributed by atoms with Gasteiger partial charge in [0.05, 0.1) is 24.9 Å². The minimum absolute atomic E-state index is 0.120. The molecule has 2 aromatic carbocycles. The zero-order valence-corrected chi connectivity index (χ0v) is 27.9. The molecule has 2 aromatic heterocycles. The van der Waals surface area contributed by atoms with Crippen LogP contribution in [0.1, 0.15) is 57.0 Å². The van der Waals surface area contributed by atoms with E-state index in [0.717, 1.165) is 40.8 Å². The fraction of sp³-hybridized carbons (Fsp3) is 0.400. The van der Waals surface area contributed by atoms with Gasteiger partial charge >= 0.3 is 12.1 Å². The third kappa shape index (κ3) is 6.72. The van der Waals surface area contributed by atoms with Crippen molar-refractivity contribution in [1.82, 2.24) is 14.9 Å². The summed E-state index contributed by atoms with van der Waals surface area (Å²) in [5.41, 5.74) is 4.02. The number of piperazine rings is 1. The Bertz CT molecular complexity index is 1860. The van der Waals surface area contributed by atoms with Gasteiger partial charge in [0, 0.05) is 47.9 Å². The molecule has 10 nitrogen and oxygen atoms in total. The third-order valence-electron chi connectivity index (χ3n) is 8.30. The molecule has 244 valence electrons. The molecule has 47 heavy (non-hydrogen) atoms. The third-order valence-corrected chi connectivity index (χ3v) is 9.28. The first-order chi connectivity index (χ1) is 22.5. The molecule has 0 bridgehead atoms. The molecule has 6 rings (SSSR count). The van der Waals surface area contributed by atoms with E-state index >= 15 is 0 Å². The lowest BCUT2D eigenvalue weighted by Gasteiger charge is -2.41. The molecule has 2 aliphatic rings. The molecular weight excluding hydrogens is 619 g/mol. The van der Waals surface area contributed by atoms with Gasteiger partial charge in [-0.25, -0.2) is 19.0 Å². The van der Waals surface area contributed by atoms with E-state index in [1.807, 2.05) is 50.8 Å². The molecule has 0 N–H and O–H groups in total. The molecule has 0 radical (unpaired) electrons. The maximum Gasteiger partial charge on any atom is 0.410 e.